The molecule has 2 heterocycles. The Labute approximate surface area is 253 Å². The number of fused-ring (bicyclic) bond motifs is 6. The number of benzene rings is 1. The summed E-state index contributed by atoms with van der Waals surface area (Å²) in [5.41, 5.74) is -9.44. The first kappa shape index (κ1) is 31.7. The molecule has 4 aliphatic carbocycles. The van der Waals surface area contributed by atoms with Crippen LogP contribution in [0, 0.1) is 10.8 Å². The number of amides is 1. The molecule has 1 aromatic carbocycles. The Morgan fingerprint density at radius 3 is 1.93 bits per heavy atom. The maximum absolute atomic E-state index is 15.0. The second-order valence-electron chi connectivity index (χ2n) is 12.8. The summed E-state index contributed by atoms with van der Waals surface area (Å²) in [5.74, 6) is -1.24. The number of sulfone groups is 1. The number of hydrogen-bond acceptors (Lipinski definition) is 5. The molecule has 4 fully saturated rings. The summed E-state index contributed by atoms with van der Waals surface area (Å²) in [6, 6.07) is 3.04. The summed E-state index contributed by atoms with van der Waals surface area (Å²) in [6.07, 6.45) is -8.95. The number of hydrogen-bond donors (Lipinski definition) is 1. The maximum atomic E-state index is 15.0. The summed E-state index contributed by atoms with van der Waals surface area (Å²) in [5, 5.41) is 9.77. The zero-order chi connectivity index (χ0) is 32.8. The van der Waals surface area contributed by atoms with Crippen molar-refractivity contribution in [3.05, 3.63) is 59.4 Å². The standard InChI is InChI=1S/C30H29F7N2O5S/c31-28(29(32,33)34,30(35,36)37)19-2-3-21-18(17-19)1-4-22-27(21,45(43,44)20-5-14-38-15-6-20)13-16-39(22)23(40)25-7-10-26(11-8-25,12-9-25)24(41)42/h2-3,5-6,14-15,17,22H,1,4,7-13,16H2,(H,41,42). The largest absolute Gasteiger partial charge is 0.481 e. The number of aromatic nitrogens is 1. The van der Waals surface area contributed by atoms with Gasteiger partial charge >= 0.3 is 24.0 Å². The molecular formula is C30H29F7N2O5S. The number of aryl methyl sites for hydroxylation is 1. The van der Waals surface area contributed by atoms with Gasteiger partial charge in [-0.1, -0.05) is 18.2 Å². The highest BCUT2D eigenvalue weighted by molar-refractivity contribution is 7.92. The molecule has 0 radical (unpaired) electrons. The fourth-order valence-electron chi connectivity index (χ4n) is 8.33. The Morgan fingerprint density at radius 2 is 1.40 bits per heavy atom. The second-order valence-corrected chi connectivity index (χ2v) is 15.0. The van der Waals surface area contributed by atoms with E-state index in [2.05, 4.69) is 4.98 Å². The molecule has 5 aliphatic rings. The van der Waals surface area contributed by atoms with Crippen LogP contribution in [-0.4, -0.2) is 60.2 Å². The average molecular weight is 663 g/mol. The van der Waals surface area contributed by atoms with E-state index in [1.807, 2.05) is 0 Å². The summed E-state index contributed by atoms with van der Waals surface area (Å²) in [6.45, 7) is -0.0566. The summed E-state index contributed by atoms with van der Waals surface area (Å²) < 4.78 is 124. The van der Waals surface area contributed by atoms with Crippen molar-refractivity contribution in [1.82, 2.24) is 9.88 Å². The first-order valence-electron chi connectivity index (χ1n) is 14.5. The van der Waals surface area contributed by atoms with Crippen molar-refractivity contribution in [2.75, 3.05) is 6.54 Å². The fourth-order valence-corrected chi connectivity index (χ4v) is 10.7. The number of aliphatic carboxylic acids is 1. The Morgan fingerprint density at radius 1 is 0.844 bits per heavy atom. The van der Waals surface area contributed by atoms with Gasteiger partial charge in [-0.15, -0.1) is 0 Å². The van der Waals surface area contributed by atoms with Crippen molar-refractivity contribution in [3.63, 3.8) is 0 Å². The fraction of sp³-hybridized carbons (Fsp3) is 0.567. The van der Waals surface area contributed by atoms with Crippen LogP contribution >= 0.6 is 0 Å². The van der Waals surface area contributed by atoms with Gasteiger partial charge in [0.1, 0.15) is 4.75 Å². The van der Waals surface area contributed by atoms with Gasteiger partial charge in [-0.3, -0.25) is 14.6 Å². The zero-order valence-corrected chi connectivity index (χ0v) is 24.5. The van der Waals surface area contributed by atoms with Crippen LogP contribution in [0.25, 0.3) is 0 Å². The van der Waals surface area contributed by atoms with E-state index in [1.54, 1.807) is 0 Å². The molecule has 45 heavy (non-hydrogen) atoms. The van der Waals surface area contributed by atoms with Crippen molar-refractivity contribution in [2.24, 2.45) is 10.8 Å². The van der Waals surface area contributed by atoms with Crippen molar-refractivity contribution < 1.29 is 53.8 Å². The van der Waals surface area contributed by atoms with E-state index < -0.39 is 61.0 Å². The first-order valence-corrected chi connectivity index (χ1v) is 16.0. The molecule has 2 aromatic rings. The third-order valence-electron chi connectivity index (χ3n) is 10.9. The normalized spacial score (nSPS) is 30.1. The topological polar surface area (TPSA) is 105 Å². The van der Waals surface area contributed by atoms with Crippen LogP contribution in [0.4, 0.5) is 30.7 Å². The monoisotopic (exact) mass is 662 g/mol. The zero-order valence-electron chi connectivity index (χ0n) is 23.7. The van der Waals surface area contributed by atoms with Gasteiger partial charge in [0.25, 0.3) is 0 Å². The molecule has 1 aliphatic heterocycles. The number of carboxylic acids is 1. The molecule has 1 aromatic heterocycles. The third kappa shape index (κ3) is 4.20. The molecule has 0 spiro atoms. The van der Waals surface area contributed by atoms with Gasteiger partial charge in [-0.25, -0.2) is 12.8 Å². The number of pyridine rings is 1. The molecule has 2 unspecified atom stereocenters. The van der Waals surface area contributed by atoms with Gasteiger partial charge in [-0.2, -0.15) is 26.3 Å². The first-order chi connectivity index (χ1) is 20.9. The highest BCUT2D eigenvalue weighted by atomic mass is 32.2. The highest BCUT2D eigenvalue weighted by Gasteiger charge is 2.74. The lowest BCUT2D eigenvalue weighted by atomic mass is 9.53. The molecule has 1 amide bonds. The van der Waals surface area contributed by atoms with E-state index in [1.165, 1.54) is 29.4 Å². The van der Waals surface area contributed by atoms with Gasteiger partial charge in [0.05, 0.1) is 16.4 Å². The molecule has 7 rings (SSSR count). The summed E-state index contributed by atoms with van der Waals surface area (Å²) >= 11 is 0. The lowest BCUT2D eigenvalue weighted by molar-refractivity contribution is -0.348. The lowest BCUT2D eigenvalue weighted by Gasteiger charge is -2.52. The van der Waals surface area contributed by atoms with E-state index in [-0.39, 0.29) is 47.7 Å². The number of nitrogens with zero attached hydrogens (tertiary/aromatic N) is 2. The predicted octanol–water partition coefficient (Wildman–Crippen LogP) is 6.01. The smallest absolute Gasteiger partial charge is 0.435 e. The van der Waals surface area contributed by atoms with Crippen molar-refractivity contribution in [2.45, 2.75) is 91.5 Å². The van der Waals surface area contributed by atoms with Crippen molar-refractivity contribution in [3.8, 4) is 0 Å². The Balaban J connectivity index is 1.46. The van der Waals surface area contributed by atoms with E-state index >= 15 is 4.39 Å². The molecule has 3 saturated carbocycles. The van der Waals surface area contributed by atoms with Gasteiger partial charge in [0.2, 0.25) is 5.91 Å². The minimum atomic E-state index is -6.34. The van der Waals surface area contributed by atoms with Crippen LogP contribution in [0.2, 0.25) is 0 Å². The van der Waals surface area contributed by atoms with Crippen LogP contribution in [0.3, 0.4) is 0 Å². The van der Waals surface area contributed by atoms with Gasteiger partial charge in [-0.05, 0) is 81.0 Å². The van der Waals surface area contributed by atoms with Gasteiger partial charge in [0, 0.05) is 29.9 Å². The number of carboxylic acid groups (broad SMARTS) is 1. The van der Waals surface area contributed by atoms with E-state index in [0.29, 0.717) is 50.7 Å². The second kappa shape index (κ2) is 9.88. The molecule has 244 valence electrons. The number of alkyl halides is 7. The van der Waals surface area contributed by atoms with Crippen molar-refractivity contribution in [1.29, 1.82) is 0 Å². The third-order valence-corrected chi connectivity index (χ3v) is 13.5. The number of carbonyl (C=O) groups excluding carboxylic acids is 1. The van der Waals surface area contributed by atoms with E-state index in [4.69, 9.17) is 0 Å². The minimum Gasteiger partial charge on any atom is -0.481 e. The SMILES string of the molecule is O=C(O)C12CCC(C(=O)N3CCC4(S(=O)(=O)c5ccncc5)c5ccc(C(F)(C(F)(F)F)C(F)(F)F)cc5CCC34)(CC1)CC2. The minimum absolute atomic E-state index is 0.0566. The maximum Gasteiger partial charge on any atom is 0.435 e. The Hall–Kier alpha value is -3.23. The summed E-state index contributed by atoms with van der Waals surface area (Å²) in [7, 11) is -4.46. The highest BCUT2D eigenvalue weighted by Crippen LogP contribution is 2.61. The molecule has 2 atom stereocenters. The van der Waals surface area contributed by atoms with E-state index in [9.17, 15) is 49.5 Å². The number of likely N-dealkylation sites (tertiary alicyclic amines) is 1. The number of carbonyl (C=O) groups is 2. The summed E-state index contributed by atoms with van der Waals surface area (Å²) in [4.78, 5) is 31.4. The van der Waals surface area contributed by atoms with Gasteiger partial charge < -0.3 is 10.0 Å². The molecule has 7 nitrogen and oxygen atoms in total. The van der Waals surface area contributed by atoms with Crippen LogP contribution in [0.15, 0.2) is 47.6 Å². The molecule has 2 bridgehead atoms. The quantitative estimate of drug-likeness (QED) is 0.394. The van der Waals surface area contributed by atoms with Crippen molar-refractivity contribution >= 4 is 21.7 Å². The molecule has 1 saturated heterocycles. The number of halogens is 7. The van der Waals surface area contributed by atoms with Crippen LogP contribution < -0.4 is 0 Å². The van der Waals surface area contributed by atoms with Gasteiger partial charge in [0.15, 0.2) is 9.84 Å². The Kier molecular flexibility index (Phi) is 6.97. The van der Waals surface area contributed by atoms with Crippen LogP contribution in [0.5, 0.6) is 0 Å². The Bertz CT molecular complexity index is 1620. The molecular weight excluding hydrogens is 633 g/mol. The average Bonchev–Trinajstić information content (AvgIpc) is 3.41. The van der Waals surface area contributed by atoms with Crippen LogP contribution in [-0.2, 0) is 36.3 Å². The molecule has 1 N–H and O–H groups in total. The van der Waals surface area contributed by atoms with Crippen LogP contribution in [0.1, 0.15) is 68.1 Å². The van der Waals surface area contributed by atoms with E-state index in [0.717, 1.165) is 6.07 Å². The molecule has 15 heteroatoms. The number of rotatable bonds is 5. The predicted molar refractivity (Wildman–Crippen MR) is 143 cm³/mol. The lowest BCUT2D eigenvalue weighted by Crippen LogP contribution is -2.57.